The van der Waals surface area contributed by atoms with Gasteiger partial charge in [-0.15, -0.1) is 0 Å². The standard InChI is InChI=1S/C18H22Cl2N2O4/c1-2-26-9-8-22-11-13(16(23)18(22)25)17(24)21-7-3-4-12-5-6-14(19)15(20)10-12/h5-6,10,23H,2-4,7-9,11H2,1H3,(H,21,24). The quantitative estimate of drug-likeness (QED) is 0.624. The highest BCUT2D eigenvalue weighted by Gasteiger charge is 2.33. The third-order valence-corrected chi connectivity index (χ3v) is 4.76. The second-order valence-corrected chi connectivity index (χ2v) is 6.67. The van der Waals surface area contributed by atoms with Crippen molar-refractivity contribution in [2.45, 2.75) is 19.8 Å². The highest BCUT2D eigenvalue weighted by atomic mass is 35.5. The van der Waals surface area contributed by atoms with Crippen LogP contribution >= 0.6 is 23.2 Å². The molecule has 8 heteroatoms. The molecule has 2 rings (SSSR count). The molecule has 2 amide bonds. The first-order valence-electron chi connectivity index (χ1n) is 8.45. The fourth-order valence-electron chi connectivity index (χ4n) is 2.59. The second kappa shape index (κ2) is 9.80. The molecule has 0 fully saturated rings. The molecule has 1 aromatic carbocycles. The van der Waals surface area contributed by atoms with Gasteiger partial charge in [0.2, 0.25) is 0 Å². The maximum atomic E-state index is 12.2. The molecule has 0 aromatic heterocycles. The molecule has 0 saturated heterocycles. The average Bonchev–Trinajstić information content (AvgIpc) is 2.90. The van der Waals surface area contributed by atoms with E-state index >= 15 is 0 Å². The second-order valence-electron chi connectivity index (χ2n) is 5.86. The van der Waals surface area contributed by atoms with Crippen molar-refractivity contribution in [1.29, 1.82) is 0 Å². The third kappa shape index (κ3) is 5.37. The van der Waals surface area contributed by atoms with Crippen LogP contribution < -0.4 is 5.32 Å². The van der Waals surface area contributed by atoms with Crippen LogP contribution in [0, 0.1) is 0 Å². The summed E-state index contributed by atoms with van der Waals surface area (Å²) >= 11 is 11.8. The zero-order chi connectivity index (χ0) is 19.1. The van der Waals surface area contributed by atoms with Gasteiger partial charge in [0.25, 0.3) is 11.8 Å². The largest absolute Gasteiger partial charge is 0.503 e. The van der Waals surface area contributed by atoms with Gasteiger partial charge in [0.15, 0.2) is 5.76 Å². The van der Waals surface area contributed by atoms with Gasteiger partial charge < -0.3 is 20.1 Å². The summed E-state index contributed by atoms with van der Waals surface area (Å²) < 4.78 is 5.20. The van der Waals surface area contributed by atoms with Crippen LogP contribution in [0.2, 0.25) is 10.0 Å². The number of aryl methyl sites for hydroxylation is 1. The number of carbonyl (C=O) groups excluding carboxylic acids is 2. The molecule has 142 valence electrons. The maximum absolute atomic E-state index is 12.2. The highest BCUT2D eigenvalue weighted by Crippen LogP contribution is 2.23. The van der Waals surface area contributed by atoms with Crippen LogP contribution in [-0.4, -0.2) is 54.7 Å². The van der Waals surface area contributed by atoms with E-state index in [1.807, 2.05) is 13.0 Å². The van der Waals surface area contributed by atoms with Crippen molar-refractivity contribution in [1.82, 2.24) is 10.2 Å². The normalized spacial score (nSPS) is 14.3. The summed E-state index contributed by atoms with van der Waals surface area (Å²) in [5.74, 6) is -1.45. The molecule has 1 heterocycles. The first kappa shape index (κ1) is 20.6. The van der Waals surface area contributed by atoms with E-state index in [2.05, 4.69) is 5.32 Å². The molecule has 0 aliphatic carbocycles. The molecule has 0 spiro atoms. The molecule has 0 saturated carbocycles. The number of ether oxygens (including phenoxy) is 1. The topological polar surface area (TPSA) is 78.9 Å². The third-order valence-electron chi connectivity index (χ3n) is 4.02. The minimum atomic E-state index is -0.536. The van der Waals surface area contributed by atoms with Gasteiger partial charge in [-0.25, -0.2) is 0 Å². The maximum Gasteiger partial charge on any atom is 0.289 e. The Kier molecular flexibility index (Phi) is 7.75. The number of halogens is 2. The van der Waals surface area contributed by atoms with Gasteiger partial charge >= 0.3 is 0 Å². The molecule has 1 aromatic rings. The van der Waals surface area contributed by atoms with Crippen molar-refractivity contribution >= 4 is 35.0 Å². The van der Waals surface area contributed by atoms with E-state index in [0.29, 0.717) is 42.8 Å². The van der Waals surface area contributed by atoms with E-state index in [4.69, 9.17) is 27.9 Å². The average molecular weight is 401 g/mol. The summed E-state index contributed by atoms with van der Waals surface area (Å²) in [6.45, 7) is 3.63. The monoisotopic (exact) mass is 400 g/mol. The molecule has 1 aliphatic heterocycles. The lowest BCUT2D eigenvalue weighted by atomic mass is 10.1. The van der Waals surface area contributed by atoms with Crippen molar-refractivity contribution in [3.05, 3.63) is 45.1 Å². The van der Waals surface area contributed by atoms with Gasteiger partial charge in [-0.05, 0) is 37.5 Å². The number of benzene rings is 1. The smallest absolute Gasteiger partial charge is 0.289 e. The number of aliphatic hydroxyl groups is 1. The van der Waals surface area contributed by atoms with Gasteiger partial charge in [-0.1, -0.05) is 29.3 Å². The Morgan fingerprint density at radius 2 is 2.12 bits per heavy atom. The summed E-state index contributed by atoms with van der Waals surface area (Å²) in [5.41, 5.74) is 1.12. The first-order chi connectivity index (χ1) is 12.4. The Hall–Kier alpha value is -1.76. The van der Waals surface area contributed by atoms with Gasteiger partial charge in [-0.3, -0.25) is 9.59 Å². The lowest BCUT2D eigenvalue weighted by Gasteiger charge is -2.15. The molecular formula is C18H22Cl2N2O4. The van der Waals surface area contributed by atoms with Crippen LogP contribution in [0.15, 0.2) is 29.5 Å². The van der Waals surface area contributed by atoms with Gasteiger partial charge in [0, 0.05) is 19.7 Å². The minimum Gasteiger partial charge on any atom is -0.503 e. The Labute approximate surface area is 162 Å². The van der Waals surface area contributed by atoms with E-state index in [-0.39, 0.29) is 12.1 Å². The number of amides is 2. The molecule has 26 heavy (non-hydrogen) atoms. The SMILES string of the molecule is CCOCCN1CC(C(=O)NCCCc2ccc(Cl)c(Cl)c2)=C(O)C1=O. The van der Waals surface area contributed by atoms with Crippen LogP contribution in [0.5, 0.6) is 0 Å². The number of carbonyl (C=O) groups is 2. The van der Waals surface area contributed by atoms with Crippen LogP contribution in [0.25, 0.3) is 0 Å². The van der Waals surface area contributed by atoms with Crippen molar-refractivity contribution < 1.29 is 19.4 Å². The molecule has 1 aliphatic rings. The predicted octanol–water partition coefficient (Wildman–Crippen LogP) is 2.73. The van der Waals surface area contributed by atoms with E-state index in [1.54, 1.807) is 12.1 Å². The summed E-state index contributed by atoms with van der Waals surface area (Å²) in [6.07, 6.45) is 1.42. The Bertz CT molecular complexity index is 706. The molecule has 0 atom stereocenters. The first-order valence-corrected chi connectivity index (χ1v) is 9.20. The van der Waals surface area contributed by atoms with Crippen molar-refractivity contribution in [2.24, 2.45) is 0 Å². The van der Waals surface area contributed by atoms with Crippen LogP contribution in [0.4, 0.5) is 0 Å². The van der Waals surface area contributed by atoms with Crippen molar-refractivity contribution in [3.8, 4) is 0 Å². The van der Waals surface area contributed by atoms with Crippen molar-refractivity contribution in [2.75, 3.05) is 32.8 Å². The molecule has 6 nitrogen and oxygen atoms in total. The van der Waals surface area contributed by atoms with Gasteiger partial charge in [-0.2, -0.15) is 0 Å². The molecular weight excluding hydrogens is 379 g/mol. The molecule has 2 N–H and O–H groups in total. The number of nitrogens with one attached hydrogen (secondary N) is 1. The number of nitrogens with zero attached hydrogens (tertiary/aromatic N) is 1. The zero-order valence-corrected chi connectivity index (χ0v) is 16.1. The van der Waals surface area contributed by atoms with Crippen molar-refractivity contribution in [3.63, 3.8) is 0 Å². The number of hydrogen-bond acceptors (Lipinski definition) is 4. The summed E-state index contributed by atoms with van der Waals surface area (Å²) in [5, 5.41) is 13.6. The molecule has 0 unspecified atom stereocenters. The Morgan fingerprint density at radius 3 is 2.81 bits per heavy atom. The van der Waals surface area contributed by atoms with Crippen LogP contribution in [0.3, 0.4) is 0 Å². The van der Waals surface area contributed by atoms with Gasteiger partial charge in [0.1, 0.15) is 0 Å². The Balaban J connectivity index is 1.78. The number of hydrogen-bond donors (Lipinski definition) is 2. The summed E-state index contributed by atoms with van der Waals surface area (Å²) in [7, 11) is 0. The number of rotatable bonds is 9. The van der Waals surface area contributed by atoms with E-state index in [9.17, 15) is 14.7 Å². The molecule has 0 bridgehead atoms. The lowest BCUT2D eigenvalue weighted by Crippen LogP contribution is -2.33. The fourth-order valence-corrected chi connectivity index (χ4v) is 2.91. The summed E-state index contributed by atoms with van der Waals surface area (Å²) in [4.78, 5) is 25.6. The number of aliphatic hydroxyl groups excluding tert-OH is 1. The van der Waals surface area contributed by atoms with E-state index in [0.717, 1.165) is 12.0 Å². The van der Waals surface area contributed by atoms with Gasteiger partial charge in [0.05, 0.1) is 28.8 Å². The highest BCUT2D eigenvalue weighted by molar-refractivity contribution is 6.42. The predicted molar refractivity (Wildman–Crippen MR) is 101 cm³/mol. The van der Waals surface area contributed by atoms with E-state index in [1.165, 1.54) is 4.90 Å². The molecule has 0 radical (unpaired) electrons. The summed E-state index contributed by atoms with van der Waals surface area (Å²) in [6, 6.07) is 5.42. The Morgan fingerprint density at radius 1 is 1.35 bits per heavy atom. The van der Waals surface area contributed by atoms with Crippen LogP contribution in [-0.2, 0) is 20.7 Å². The lowest BCUT2D eigenvalue weighted by molar-refractivity contribution is -0.128. The zero-order valence-electron chi connectivity index (χ0n) is 14.6. The van der Waals surface area contributed by atoms with Crippen LogP contribution in [0.1, 0.15) is 18.9 Å². The fraction of sp³-hybridized carbons (Fsp3) is 0.444. The minimum absolute atomic E-state index is 0.0936. The van der Waals surface area contributed by atoms with E-state index < -0.39 is 17.6 Å².